The average molecular weight is 313 g/mol. The van der Waals surface area contributed by atoms with Crippen molar-refractivity contribution in [1.29, 1.82) is 0 Å². The molecule has 1 heterocycles. The monoisotopic (exact) mass is 312 g/mol. The number of anilines is 2. The molecule has 0 radical (unpaired) electrons. The number of hydrogen-bond donors (Lipinski definition) is 2. The van der Waals surface area contributed by atoms with Crippen LogP contribution in [0.1, 0.15) is 11.4 Å². The molecule has 1 amide bonds. The summed E-state index contributed by atoms with van der Waals surface area (Å²) in [6.45, 7) is 3.93. The van der Waals surface area contributed by atoms with Crippen LogP contribution in [0.15, 0.2) is 18.5 Å². The molecule has 0 aliphatic heterocycles. The molecule has 7 heteroatoms. The van der Waals surface area contributed by atoms with Gasteiger partial charge in [0.2, 0.25) is 5.91 Å². The smallest absolute Gasteiger partial charge is 0.244 e. The third kappa shape index (κ3) is 3.05. The third-order valence-electron chi connectivity index (χ3n) is 2.99. The van der Waals surface area contributed by atoms with Crippen LogP contribution in [0.25, 0.3) is 0 Å². The Kier molecular flexibility index (Phi) is 4.20. The van der Waals surface area contributed by atoms with Crippen molar-refractivity contribution >= 4 is 40.5 Å². The molecule has 2 aromatic rings. The first-order valence-corrected chi connectivity index (χ1v) is 6.66. The Balaban J connectivity index is 2.15. The lowest BCUT2D eigenvalue weighted by Gasteiger charge is -2.11. The van der Waals surface area contributed by atoms with E-state index in [1.807, 2.05) is 13.8 Å². The second-order valence-corrected chi connectivity index (χ2v) is 5.27. The molecule has 1 aromatic heterocycles. The molecular weight excluding hydrogens is 299 g/mol. The molecule has 1 aromatic carbocycles. The minimum Gasteiger partial charge on any atom is -0.399 e. The summed E-state index contributed by atoms with van der Waals surface area (Å²) in [5.41, 5.74) is 8.25. The lowest BCUT2D eigenvalue weighted by Crippen LogP contribution is -2.19. The summed E-state index contributed by atoms with van der Waals surface area (Å²) >= 11 is 12.0. The van der Waals surface area contributed by atoms with Crippen LogP contribution in [0.4, 0.5) is 11.4 Å². The highest BCUT2D eigenvalue weighted by molar-refractivity contribution is 6.40. The molecular formula is C13H14Cl2N4O. The summed E-state index contributed by atoms with van der Waals surface area (Å²) in [6.07, 6.45) is 1.62. The predicted octanol–water partition coefficient (Wildman–Crippen LogP) is 3.03. The number of nitrogen functional groups attached to an aromatic ring is 1. The van der Waals surface area contributed by atoms with Crippen molar-refractivity contribution in [2.24, 2.45) is 0 Å². The first kappa shape index (κ1) is 14.7. The number of aromatic nitrogens is 2. The Morgan fingerprint density at radius 1 is 1.35 bits per heavy atom. The van der Waals surface area contributed by atoms with E-state index in [0.717, 1.165) is 11.4 Å². The van der Waals surface area contributed by atoms with Crippen LogP contribution in [-0.2, 0) is 11.3 Å². The SMILES string of the molecule is Cc1ncn(CC(=O)Nc2c(Cl)cc(N)cc2Cl)c1C. The lowest BCUT2D eigenvalue weighted by atomic mass is 10.2. The van der Waals surface area contributed by atoms with E-state index < -0.39 is 0 Å². The lowest BCUT2D eigenvalue weighted by molar-refractivity contribution is -0.116. The molecule has 2 rings (SSSR count). The van der Waals surface area contributed by atoms with E-state index in [0.29, 0.717) is 21.4 Å². The van der Waals surface area contributed by atoms with Gasteiger partial charge in [0.25, 0.3) is 0 Å². The highest BCUT2D eigenvalue weighted by atomic mass is 35.5. The van der Waals surface area contributed by atoms with Crippen molar-refractivity contribution in [2.75, 3.05) is 11.1 Å². The van der Waals surface area contributed by atoms with Gasteiger partial charge in [-0.2, -0.15) is 0 Å². The molecule has 0 spiro atoms. The standard InChI is InChI=1S/C13H14Cl2N4O/c1-7-8(2)19(6-17-7)5-12(20)18-13-10(14)3-9(16)4-11(13)15/h3-4,6H,5,16H2,1-2H3,(H,18,20). The van der Waals surface area contributed by atoms with Crippen molar-refractivity contribution in [3.8, 4) is 0 Å². The van der Waals surface area contributed by atoms with Gasteiger partial charge >= 0.3 is 0 Å². The molecule has 0 aliphatic carbocycles. The number of hydrogen-bond acceptors (Lipinski definition) is 3. The van der Waals surface area contributed by atoms with Gasteiger partial charge in [-0.15, -0.1) is 0 Å². The van der Waals surface area contributed by atoms with Gasteiger partial charge < -0.3 is 15.6 Å². The van der Waals surface area contributed by atoms with Gasteiger partial charge in [0, 0.05) is 11.4 Å². The number of aryl methyl sites for hydroxylation is 1. The largest absolute Gasteiger partial charge is 0.399 e. The normalized spacial score (nSPS) is 10.6. The topological polar surface area (TPSA) is 72.9 Å². The highest BCUT2D eigenvalue weighted by Gasteiger charge is 2.12. The molecule has 3 N–H and O–H groups in total. The van der Waals surface area contributed by atoms with Gasteiger partial charge in [0.1, 0.15) is 6.54 Å². The summed E-state index contributed by atoms with van der Waals surface area (Å²) < 4.78 is 1.75. The van der Waals surface area contributed by atoms with Crippen molar-refractivity contribution in [3.63, 3.8) is 0 Å². The Bertz CT molecular complexity index is 643. The van der Waals surface area contributed by atoms with Crippen molar-refractivity contribution in [1.82, 2.24) is 9.55 Å². The van der Waals surface area contributed by atoms with E-state index in [2.05, 4.69) is 10.3 Å². The fourth-order valence-electron chi connectivity index (χ4n) is 1.75. The van der Waals surface area contributed by atoms with E-state index >= 15 is 0 Å². The fourth-order valence-corrected chi connectivity index (χ4v) is 2.35. The van der Waals surface area contributed by atoms with Crippen LogP contribution in [0, 0.1) is 13.8 Å². The first-order valence-electron chi connectivity index (χ1n) is 5.91. The van der Waals surface area contributed by atoms with E-state index in [4.69, 9.17) is 28.9 Å². The van der Waals surface area contributed by atoms with Gasteiger partial charge in [-0.3, -0.25) is 4.79 Å². The zero-order chi connectivity index (χ0) is 14.9. The Hall–Kier alpha value is -1.72. The molecule has 20 heavy (non-hydrogen) atoms. The van der Waals surface area contributed by atoms with Crippen molar-refractivity contribution in [2.45, 2.75) is 20.4 Å². The Labute approximate surface area is 126 Å². The van der Waals surface area contributed by atoms with E-state index in [1.165, 1.54) is 12.1 Å². The van der Waals surface area contributed by atoms with E-state index in [1.54, 1.807) is 10.9 Å². The van der Waals surface area contributed by atoms with Crippen molar-refractivity contribution < 1.29 is 4.79 Å². The van der Waals surface area contributed by atoms with Crippen LogP contribution in [0.2, 0.25) is 10.0 Å². The maximum Gasteiger partial charge on any atom is 0.244 e. The number of carbonyl (C=O) groups excluding carboxylic acids is 1. The van der Waals surface area contributed by atoms with Gasteiger partial charge in [-0.05, 0) is 26.0 Å². The zero-order valence-electron chi connectivity index (χ0n) is 11.1. The number of nitrogens with one attached hydrogen (secondary N) is 1. The maximum absolute atomic E-state index is 12.0. The molecule has 0 bridgehead atoms. The minimum atomic E-state index is -0.237. The van der Waals surface area contributed by atoms with Gasteiger partial charge in [-0.25, -0.2) is 4.98 Å². The van der Waals surface area contributed by atoms with Crippen LogP contribution < -0.4 is 11.1 Å². The van der Waals surface area contributed by atoms with Crippen LogP contribution in [0.5, 0.6) is 0 Å². The minimum absolute atomic E-state index is 0.143. The summed E-state index contributed by atoms with van der Waals surface area (Å²) in [5.74, 6) is -0.237. The molecule has 5 nitrogen and oxygen atoms in total. The number of rotatable bonds is 3. The Morgan fingerprint density at radius 2 is 1.95 bits per heavy atom. The zero-order valence-corrected chi connectivity index (χ0v) is 12.6. The number of benzene rings is 1. The highest BCUT2D eigenvalue weighted by Crippen LogP contribution is 2.32. The number of amides is 1. The number of halogens is 2. The van der Waals surface area contributed by atoms with E-state index in [9.17, 15) is 4.79 Å². The van der Waals surface area contributed by atoms with Gasteiger partial charge in [0.15, 0.2) is 0 Å². The average Bonchev–Trinajstić information content (AvgIpc) is 2.66. The maximum atomic E-state index is 12.0. The summed E-state index contributed by atoms with van der Waals surface area (Å²) in [5, 5.41) is 3.30. The molecule has 0 fully saturated rings. The summed E-state index contributed by atoms with van der Waals surface area (Å²) in [6, 6.07) is 3.07. The second kappa shape index (κ2) is 5.73. The number of nitrogens with zero attached hydrogens (tertiary/aromatic N) is 2. The second-order valence-electron chi connectivity index (χ2n) is 4.45. The molecule has 0 atom stereocenters. The van der Waals surface area contributed by atoms with Crippen molar-refractivity contribution in [3.05, 3.63) is 39.9 Å². The number of carbonyl (C=O) groups is 1. The van der Waals surface area contributed by atoms with Crippen LogP contribution in [0.3, 0.4) is 0 Å². The van der Waals surface area contributed by atoms with Gasteiger partial charge in [0.05, 0.1) is 27.8 Å². The van der Waals surface area contributed by atoms with Gasteiger partial charge in [-0.1, -0.05) is 23.2 Å². The molecule has 0 saturated heterocycles. The summed E-state index contributed by atoms with van der Waals surface area (Å²) in [7, 11) is 0. The predicted molar refractivity (Wildman–Crippen MR) is 81.2 cm³/mol. The summed E-state index contributed by atoms with van der Waals surface area (Å²) in [4.78, 5) is 16.2. The molecule has 0 aliphatic rings. The van der Waals surface area contributed by atoms with Crippen LogP contribution in [-0.4, -0.2) is 15.5 Å². The number of imidazole rings is 1. The number of nitrogens with two attached hydrogens (primary N) is 1. The quantitative estimate of drug-likeness (QED) is 0.856. The first-order chi connectivity index (χ1) is 9.38. The fraction of sp³-hybridized carbons (Fsp3) is 0.231. The Morgan fingerprint density at radius 3 is 2.45 bits per heavy atom. The van der Waals surface area contributed by atoms with Crippen LogP contribution >= 0.6 is 23.2 Å². The molecule has 106 valence electrons. The molecule has 0 saturated carbocycles. The van der Waals surface area contributed by atoms with E-state index in [-0.39, 0.29) is 12.5 Å². The third-order valence-corrected chi connectivity index (χ3v) is 3.58. The molecule has 0 unspecified atom stereocenters.